The van der Waals surface area contributed by atoms with Gasteiger partial charge in [-0.3, -0.25) is 4.79 Å². The average Bonchev–Trinajstić information content (AvgIpc) is 2.98. The molecule has 0 aliphatic rings. The zero-order valence-corrected chi connectivity index (χ0v) is 15.7. The fraction of sp³-hybridized carbons (Fsp3) is 0.211. The highest BCUT2D eigenvalue weighted by Crippen LogP contribution is 2.34. The maximum absolute atomic E-state index is 12.9. The van der Waals surface area contributed by atoms with Crippen molar-refractivity contribution in [2.75, 3.05) is 11.9 Å². The van der Waals surface area contributed by atoms with Gasteiger partial charge >= 0.3 is 12.1 Å². The van der Waals surface area contributed by atoms with Crippen molar-refractivity contribution in [1.29, 1.82) is 0 Å². The Kier molecular flexibility index (Phi) is 5.37. The molecule has 0 unspecified atom stereocenters. The number of halogens is 3. The molecule has 0 saturated carbocycles. The molecule has 146 valence electrons. The molecule has 3 rings (SSSR count). The number of amides is 1. The lowest BCUT2D eigenvalue weighted by molar-refractivity contribution is -0.140. The molecular formula is C19H15F3N2O3S. The molecule has 28 heavy (non-hydrogen) atoms. The van der Waals surface area contributed by atoms with Crippen LogP contribution in [-0.4, -0.2) is 23.5 Å². The molecule has 2 aromatic heterocycles. The molecular weight excluding hydrogens is 393 g/mol. The molecule has 0 atom stereocenters. The third-order valence-electron chi connectivity index (χ3n) is 3.93. The first-order chi connectivity index (χ1) is 13.2. The summed E-state index contributed by atoms with van der Waals surface area (Å²) in [6.45, 7) is 3.56. The van der Waals surface area contributed by atoms with Crippen molar-refractivity contribution in [2.45, 2.75) is 20.0 Å². The van der Waals surface area contributed by atoms with Crippen LogP contribution in [0.4, 0.5) is 18.9 Å². The van der Waals surface area contributed by atoms with Crippen molar-refractivity contribution >= 4 is 39.1 Å². The summed E-state index contributed by atoms with van der Waals surface area (Å²) in [5.74, 6) is -1.00. The normalized spacial score (nSPS) is 11.5. The predicted octanol–water partition coefficient (Wildman–Crippen LogP) is 5.05. The Hall–Kier alpha value is -2.94. The van der Waals surface area contributed by atoms with E-state index in [1.807, 2.05) is 0 Å². The van der Waals surface area contributed by atoms with Crippen LogP contribution in [0, 0.1) is 6.92 Å². The lowest BCUT2D eigenvalue weighted by Gasteiger charge is -2.07. The molecule has 1 aromatic carbocycles. The molecule has 9 heteroatoms. The summed E-state index contributed by atoms with van der Waals surface area (Å²) in [5.41, 5.74) is 0.191. The molecule has 0 radical (unpaired) electrons. The summed E-state index contributed by atoms with van der Waals surface area (Å²) in [4.78, 5) is 28.4. The fourth-order valence-corrected chi connectivity index (χ4v) is 3.68. The third kappa shape index (κ3) is 3.99. The Bertz CT molecular complexity index is 1060. The number of aromatic nitrogens is 1. The molecule has 2 heterocycles. The van der Waals surface area contributed by atoms with E-state index in [9.17, 15) is 22.8 Å². The number of hydrogen-bond acceptors (Lipinski definition) is 5. The second kappa shape index (κ2) is 7.59. The number of nitrogens with zero attached hydrogens (tertiary/aromatic N) is 1. The topological polar surface area (TPSA) is 68.3 Å². The second-order valence-corrected chi connectivity index (χ2v) is 6.86. The number of rotatable bonds is 4. The summed E-state index contributed by atoms with van der Waals surface area (Å²) in [6.07, 6.45) is -4.55. The van der Waals surface area contributed by atoms with Crippen molar-refractivity contribution in [3.8, 4) is 0 Å². The van der Waals surface area contributed by atoms with E-state index < -0.39 is 23.7 Å². The van der Waals surface area contributed by atoms with E-state index in [-0.39, 0.29) is 21.9 Å². The number of benzene rings is 1. The summed E-state index contributed by atoms with van der Waals surface area (Å²) >= 11 is 0.885. The first-order valence-corrected chi connectivity index (χ1v) is 9.08. The average molecular weight is 408 g/mol. The quantitative estimate of drug-likeness (QED) is 0.613. The fourth-order valence-electron chi connectivity index (χ4n) is 2.60. The van der Waals surface area contributed by atoms with Crippen LogP contribution >= 0.6 is 11.3 Å². The van der Waals surface area contributed by atoms with Gasteiger partial charge in [0.05, 0.1) is 17.0 Å². The van der Waals surface area contributed by atoms with Gasteiger partial charge in [-0.2, -0.15) is 13.2 Å². The van der Waals surface area contributed by atoms with Gasteiger partial charge in [0.25, 0.3) is 5.91 Å². The smallest absolute Gasteiger partial charge is 0.433 e. The zero-order chi connectivity index (χ0) is 20.5. The predicted molar refractivity (Wildman–Crippen MR) is 99.7 cm³/mol. The van der Waals surface area contributed by atoms with E-state index >= 15 is 0 Å². The highest BCUT2D eigenvalue weighted by atomic mass is 32.1. The SMILES string of the molecule is CCOC(=O)c1cccc(NC(=O)c2sc3nc(C(F)(F)F)ccc3c2C)c1. The Morgan fingerprint density at radius 1 is 1.21 bits per heavy atom. The number of carbonyl (C=O) groups excluding carboxylic acids is 2. The van der Waals surface area contributed by atoms with Crippen LogP contribution in [0.3, 0.4) is 0 Å². The van der Waals surface area contributed by atoms with Gasteiger partial charge in [-0.05, 0) is 49.7 Å². The van der Waals surface area contributed by atoms with E-state index in [2.05, 4.69) is 10.3 Å². The lowest BCUT2D eigenvalue weighted by atomic mass is 10.1. The number of hydrogen-bond donors (Lipinski definition) is 1. The van der Waals surface area contributed by atoms with Gasteiger partial charge in [0.1, 0.15) is 10.5 Å². The Balaban J connectivity index is 1.89. The molecule has 3 aromatic rings. The number of ether oxygens (including phenoxy) is 1. The molecule has 5 nitrogen and oxygen atoms in total. The first kappa shape index (κ1) is 19.8. The Morgan fingerprint density at radius 2 is 1.96 bits per heavy atom. The largest absolute Gasteiger partial charge is 0.462 e. The summed E-state index contributed by atoms with van der Waals surface area (Å²) in [7, 11) is 0. The Labute approximate surface area is 162 Å². The lowest BCUT2D eigenvalue weighted by Crippen LogP contribution is -2.12. The molecule has 0 bridgehead atoms. The molecule has 0 saturated heterocycles. The Morgan fingerprint density at radius 3 is 2.64 bits per heavy atom. The van der Waals surface area contributed by atoms with Crippen LogP contribution in [0.15, 0.2) is 36.4 Å². The number of alkyl halides is 3. The maximum Gasteiger partial charge on any atom is 0.433 e. The van der Waals surface area contributed by atoms with E-state index in [1.165, 1.54) is 12.1 Å². The molecule has 1 N–H and O–H groups in total. The molecule has 0 aliphatic heterocycles. The summed E-state index contributed by atoms with van der Waals surface area (Å²) < 4.78 is 43.5. The second-order valence-electron chi connectivity index (χ2n) is 5.86. The number of carbonyl (C=O) groups is 2. The van der Waals surface area contributed by atoms with Crippen molar-refractivity contribution in [3.63, 3.8) is 0 Å². The van der Waals surface area contributed by atoms with Gasteiger partial charge in [-0.15, -0.1) is 11.3 Å². The van der Waals surface area contributed by atoms with Gasteiger partial charge in [0.15, 0.2) is 0 Å². The monoisotopic (exact) mass is 408 g/mol. The van der Waals surface area contributed by atoms with Crippen molar-refractivity contribution in [1.82, 2.24) is 4.98 Å². The van der Waals surface area contributed by atoms with Gasteiger partial charge in [0, 0.05) is 11.1 Å². The molecule has 0 spiro atoms. The highest BCUT2D eigenvalue weighted by molar-refractivity contribution is 7.20. The third-order valence-corrected chi connectivity index (χ3v) is 5.13. The van der Waals surface area contributed by atoms with Crippen molar-refractivity contribution in [2.24, 2.45) is 0 Å². The van der Waals surface area contributed by atoms with Crippen LogP contribution in [0.2, 0.25) is 0 Å². The zero-order valence-electron chi connectivity index (χ0n) is 14.9. The number of aryl methyl sites for hydroxylation is 1. The number of anilines is 1. The number of thiophene rings is 1. The number of esters is 1. The highest BCUT2D eigenvalue weighted by Gasteiger charge is 2.33. The number of pyridine rings is 1. The minimum absolute atomic E-state index is 0.137. The van der Waals surface area contributed by atoms with Gasteiger partial charge in [-0.1, -0.05) is 6.07 Å². The minimum atomic E-state index is -4.55. The van der Waals surface area contributed by atoms with E-state index in [4.69, 9.17) is 4.74 Å². The van der Waals surface area contributed by atoms with Crippen LogP contribution in [-0.2, 0) is 10.9 Å². The van der Waals surface area contributed by atoms with E-state index in [0.29, 0.717) is 16.6 Å². The van der Waals surface area contributed by atoms with Crippen molar-refractivity contribution in [3.05, 3.63) is 58.1 Å². The number of fused-ring (bicyclic) bond motifs is 1. The molecule has 0 fully saturated rings. The van der Waals surface area contributed by atoms with Crippen LogP contribution in [0.5, 0.6) is 0 Å². The van der Waals surface area contributed by atoms with Crippen LogP contribution < -0.4 is 5.32 Å². The summed E-state index contributed by atoms with van der Waals surface area (Å²) in [5, 5.41) is 3.15. The maximum atomic E-state index is 12.9. The first-order valence-electron chi connectivity index (χ1n) is 8.26. The van der Waals surface area contributed by atoms with Gasteiger partial charge < -0.3 is 10.1 Å². The van der Waals surface area contributed by atoms with Crippen LogP contribution in [0.25, 0.3) is 10.2 Å². The minimum Gasteiger partial charge on any atom is -0.462 e. The van der Waals surface area contributed by atoms with Crippen molar-refractivity contribution < 1.29 is 27.5 Å². The molecule has 0 aliphatic carbocycles. The van der Waals surface area contributed by atoms with Gasteiger partial charge in [-0.25, -0.2) is 9.78 Å². The van der Waals surface area contributed by atoms with Gasteiger partial charge in [0.2, 0.25) is 0 Å². The number of nitrogens with one attached hydrogen (secondary N) is 1. The molecule has 1 amide bonds. The summed E-state index contributed by atoms with van der Waals surface area (Å²) in [6, 6.07) is 8.43. The van der Waals surface area contributed by atoms with Crippen LogP contribution in [0.1, 0.15) is 38.2 Å². The standard InChI is InChI=1S/C19H15F3N2O3S/c1-3-27-18(26)11-5-4-6-12(9-11)23-16(25)15-10(2)13-7-8-14(19(20,21)22)24-17(13)28-15/h4-9H,3H2,1-2H3,(H,23,25). The van der Waals surface area contributed by atoms with E-state index in [1.54, 1.807) is 32.0 Å². The van der Waals surface area contributed by atoms with E-state index in [0.717, 1.165) is 17.4 Å².